The van der Waals surface area contributed by atoms with Crippen molar-refractivity contribution in [2.45, 2.75) is 12.1 Å². The third kappa shape index (κ3) is 3.62. The van der Waals surface area contributed by atoms with Crippen LogP contribution in [0.1, 0.15) is 6.92 Å². The number of nitrogens with zero attached hydrogens (tertiary/aromatic N) is 2. The summed E-state index contributed by atoms with van der Waals surface area (Å²) in [6, 6.07) is 11.3. The van der Waals surface area contributed by atoms with Gasteiger partial charge in [0, 0.05) is 5.56 Å². The van der Waals surface area contributed by atoms with Gasteiger partial charge in [0.15, 0.2) is 16.7 Å². The molecule has 0 unspecified atom stereocenters. The number of carbonyl (C=O) groups excluding carboxylic acids is 1. The summed E-state index contributed by atoms with van der Waals surface area (Å²) >= 11 is 1.32. The molecule has 2 aromatic heterocycles. The number of hydrogen-bond acceptors (Lipinski definition) is 6. The average Bonchev–Trinajstić information content (AvgIpc) is 3.22. The standard InChI is InChI=1S/C16H15N3O3S/c1-10(20)9-23-16-17-15(18-19-16)14-8-7-13(22-14)11-3-5-12(21-2)6-4-11/h3-8H,9H2,1-2H3,(H,17,18,19). The lowest BCUT2D eigenvalue weighted by molar-refractivity contribution is -0.114. The molecule has 0 aliphatic heterocycles. The highest BCUT2D eigenvalue weighted by atomic mass is 32.2. The van der Waals surface area contributed by atoms with E-state index in [1.165, 1.54) is 18.7 Å². The van der Waals surface area contributed by atoms with E-state index in [1.54, 1.807) is 7.11 Å². The number of rotatable bonds is 6. The van der Waals surface area contributed by atoms with Gasteiger partial charge in [0.1, 0.15) is 17.3 Å². The van der Waals surface area contributed by atoms with E-state index in [0.717, 1.165) is 17.1 Å². The van der Waals surface area contributed by atoms with Gasteiger partial charge >= 0.3 is 0 Å². The number of ether oxygens (including phenoxy) is 1. The number of aromatic amines is 1. The second-order valence-electron chi connectivity index (χ2n) is 4.86. The number of aromatic nitrogens is 3. The molecule has 0 bridgehead atoms. The number of H-pyrrole nitrogens is 1. The van der Waals surface area contributed by atoms with E-state index in [9.17, 15) is 4.79 Å². The number of carbonyl (C=O) groups is 1. The van der Waals surface area contributed by atoms with Crippen LogP contribution in [0.3, 0.4) is 0 Å². The molecule has 0 aliphatic carbocycles. The van der Waals surface area contributed by atoms with Crippen LogP contribution in [0.15, 0.2) is 46.0 Å². The van der Waals surface area contributed by atoms with Crippen LogP contribution in [-0.2, 0) is 4.79 Å². The number of methoxy groups -OCH3 is 1. The highest BCUT2D eigenvalue weighted by Crippen LogP contribution is 2.28. The molecule has 1 aromatic carbocycles. The molecule has 2 heterocycles. The summed E-state index contributed by atoms with van der Waals surface area (Å²) in [5.41, 5.74) is 0.947. The number of hydrogen-bond donors (Lipinski definition) is 1. The SMILES string of the molecule is COc1ccc(-c2ccc(-c3nnc(SCC(C)=O)[nH]3)o2)cc1. The molecule has 0 saturated heterocycles. The van der Waals surface area contributed by atoms with Crippen LogP contribution in [0, 0.1) is 0 Å². The molecule has 0 saturated carbocycles. The minimum atomic E-state index is 0.0905. The molecule has 3 aromatic rings. The van der Waals surface area contributed by atoms with Crippen molar-refractivity contribution in [1.29, 1.82) is 0 Å². The Labute approximate surface area is 137 Å². The first-order valence-corrected chi connectivity index (χ1v) is 7.94. The zero-order valence-corrected chi connectivity index (χ0v) is 13.5. The molecule has 6 nitrogen and oxygen atoms in total. The molecule has 23 heavy (non-hydrogen) atoms. The number of furan rings is 1. The van der Waals surface area contributed by atoms with Crippen LogP contribution < -0.4 is 4.74 Å². The van der Waals surface area contributed by atoms with E-state index in [-0.39, 0.29) is 5.78 Å². The number of thioether (sulfide) groups is 1. The number of nitrogens with one attached hydrogen (secondary N) is 1. The Morgan fingerprint density at radius 2 is 1.91 bits per heavy atom. The van der Waals surface area contributed by atoms with Gasteiger partial charge in [0.05, 0.1) is 12.9 Å². The van der Waals surface area contributed by atoms with Gasteiger partial charge in [-0.3, -0.25) is 4.79 Å². The number of benzene rings is 1. The van der Waals surface area contributed by atoms with Gasteiger partial charge < -0.3 is 14.1 Å². The Bertz CT molecular complexity index is 808. The lowest BCUT2D eigenvalue weighted by Crippen LogP contribution is -1.93. The molecule has 0 fully saturated rings. The van der Waals surface area contributed by atoms with Gasteiger partial charge in [-0.2, -0.15) is 0 Å². The van der Waals surface area contributed by atoms with Crippen LogP contribution in [0.4, 0.5) is 0 Å². The van der Waals surface area contributed by atoms with Crippen LogP contribution in [-0.4, -0.2) is 33.8 Å². The summed E-state index contributed by atoms with van der Waals surface area (Å²) < 4.78 is 11.0. The Hall–Kier alpha value is -2.54. The van der Waals surface area contributed by atoms with Crippen molar-refractivity contribution < 1.29 is 13.9 Å². The zero-order valence-electron chi connectivity index (χ0n) is 12.7. The fourth-order valence-electron chi connectivity index (χ4n) is 1.97. The summed E-state index contributed by atoms with van der Waals surface area (Å²) in [5, 5.41) is 8.64. The van der Waals surface area contributed by atoms with E-state index in [4.69, 9.17) is 9.15 Å². The maximum absolute atomic E-state index is 11.0. The second-order valence-corrected chi connectivity index (χ2v) is 5.83. The van der Waals surface area contributed by atoms with E-state index in [1.807, 2.05) is 36.4 Å². The molecule has 0 aliphatic rings. The fraction of sp³-hybridized carbons (Fsp3) is 0.188. The Kier molecular flexibility index (Phi) is 4.47. The van der Waals surface area contributed by atoms with Gasteiger partial charge in [-0.1, -0.05) is 11.8 Å². The third-order valence-electron chi connectivity index (χ3n) is 3.09. The average molecular weight is 329 g/mol. The number of ketones is 1. The van der Waals surface area contributed by atoms with Gasteiger partial charge in [-0.15, -0.1) is 10.2 Å². The van der Waals surface area contributed by atoms with Crippen molar-refractivity contribution in [3.8, 4) is 28.7 Å². The van der Waals surface area contributed by atoms with E-state index in [0.29, 0.717) is 22.5 Å². The van der Waals surface area contributed by atoms with Crippen LogP contribution in [0.25, 0.3) is 22.9 Å². The largest absolute Gasteiger partial charge is 0.497 e. The summed E-state index contributed by atoms with van der Waals surface area (Å²) in [5.74, 6) is 3.12. The summed E-state index contributed by atoms with van der Waals surface area (Å²) in [6.07, 6.45) is 0. The van der Waals surface area contributed by atoms with E-state index >= 15 is 0 Å². The minimum Gasteiger partial charge on any atom is -0.497 e. The first-order chi connectivity index (χ1) is 11.2. The van der Waals surface area contributed by atoms with Gasteiger partial charge in [-0.25, -0.2) is 0 Å². The minimum absolute atomic E-state index is 0.0905. The predicted molar refractivity (Wildman–Crippen MR) is 87.5 cm³/mol. The molecule has 1 N–H and O–H groups in total. The lowest BCUT2D eigenvalue weighted by Gasteiger charge is -2.00. The van der Waals surface area contributed by atoms with Crippen molar-refractivity contribution in [3.63, 3.8) is 0 Å². The lowest BCUT2D eigenvalue weighted by atomic mass is 10.2. The van der Waals surface area contributed by atoms with E-state index < -0.39 is 0 Å². The summed E-state index contributed by atoms with van der Waals surface area (Å²) in [4.78, 5) is 14.0. The first-order valence-electron chi connectivity index (χ1n) is 6.95. The van der Waals surface area contributed by atoms with Crippen molar-refractivity contribution in [1.82, 2.24) is 15.2 Å². The highest BCUT2D eigenvalue weighted by Gasteiger charge is 2.12. The van der Waals surface area contributed by atoms with Crippen LogP contribution >= 0.6 is 11.8 Å². The molecule has 0 amide bonds. The molecule has 0 radical (unpaired) electrons. The fourth-order valence-corrected chi connectivity index (χ4v) is 2.58. The predicted octanol–water partition coefficient (Wildman–Crippen LogP) is 3.42. The Morgan fingerprint density at radius 3 is 2.61 bits per heavy atom. The maximum atomic E-state index is 11.0. The highest BCUT2D eigenvalue weighted by molar-refractivity contribution is 7.99. The summed E-state index contributed by atoms with van der Waals surface area (Å²) in [7, 11) is 1.63. The Morgan fingerprint density at radius 1 is 1.17 bits per heavy atom. The molecule has 7 heteroatoms. The molecule has 0 spiro atoms. The third-order valence-corrected chi connectivity index (χ3v) is 4.10. The van der Waals surface area contributed by atoms with Crippen LogP contribution in [0.2, 0.25) is 0 Å². The molecule has 0 atom stereocenters. The molecular weight excluding hydrogens is 314 g/mol. The van der Waals surface area contributed by atoms with E-state index in [2.05, 4.69) is 15.2 Å². The number of Topliss-reactive ketones (excluding diaryl/α,β-unsaturated/α-hetero) is 1. The van der Waals surface area contributed by atoms with Crippen molar-refractivity contribution in [3.05, 3.63) is 36.4 Å². The van der Waals surface area contributed by atoms with Gasteiger partial charge in [-0.05, 0) is 43.3 Å². The molecule has 3 rings (SSSR count). The van der Waals surface area contributed by atoms with Gasteiger partial charge in [0.25, 0.3) is 0 Å². The van der Waals surface area contributed by atoms with Crippen molar-refractivity contribution >= 4 is 17.5 Å². The first kappa shape index (κ1) is 15.4. The Balaban J connectivity index is 1.77. The topological polar surface area (TPSA) is 81.0 Å². The quantitative estimate of drug-likeness (QED) is 0.698. The normalized spacial score (nSPS) is 10.7. The second kappa shape index (κ2) is 6.70. The van der Waals surface area contributed by atoms with Crippen molar-refractivity contribution in [2.24, 2.45) is 0 Å². The van der Waals surface area contributed by atoms with Crippen LogP contribution in [0.5, 0.6) is 5.75 Å². The van der Waals surface area contributed by atoms with Crippen molar-refractivity contribution in [2.75, 3.05) is 12.9 Å². The molecular formula is C16H15N3O3S. The summed E-state index contributed by atoms with van der Waals surface area (Å²) in [6.45, 7) is 1.54. The molecule has 118 valence electrons. The maximum Gasteiger partial charge on any atom is 0.197 e. The smallest absolute Gasteiger partial charge is 0.197 e. The monoisotopic (exact) mass is 329 g/mol. The zero-order chi connectivity index (χ0) is 16.2. The van der Waals surface area contributed by atoms with Gasteiger partial charge in [0.2, 0.25) is 0 Å².